The van der Waals surface area contributed by atoms with Gasteiger partial charge >= 0.3 is 0 Å². The zero-order chi connectivity index (χ0) is 19.2. The van der Waals surface area contributed by atoms with Gasteiger partial charge in [-0.1, -0.05) is 18.2 Å². The molecule has 2 aliphatic heterocycles. The van der Waals surface area contributed by atoms with E-state index in [9.17, 15) is 4.79 Å². The molecule has 0 spiro atoms. The number of carbonyl (C=O) groups excluding carboxylic acids is 1. The number of benzene rings is 2. The second-order valence-corrected chi connectivity index (χ2v) is 7.43. The zero-order valence-electron chi connectivity index (χ0n) is 16.1. The first-order valence-electron chi connectivity index (χ1n) is 10.0. The monoisotopic (exact) mass is 380 g/mol. The highest BCUT2D eigenvalue weighted by atomic mass is 16.5. The van der Waals surface area contributed by atoms with Crippen molar-refractivity contribution in [2.24, 2.45) is 0 Å². The van der Waals surface area contributed by atoms with Crippen LogP contribution in [0.1, 0.15) is 6.42 Å². The second kappa shape index (κ2) is 9.08. The Hall–Kier alpha value is -2.57. The van der Waals surface area contributed by atoms with E-state index in [2.05, 4.69) is 44.7 Å². The van der Waals surface area contributed by atoms with E-state index in [-0.39, 0.29) is 5.91 Å². The molecule has 0 aromatic heterocycles. The minimum Gasteiger partial charge on any atom is -0.381 e. The lowest BCUT2D eigenvalue weighted by atomic mass is 10.2. The van der Waals surface area contributed by atoms with Crippen molar-refractivity contribution in [3.63, 3.8) is 0 Å². The van der Waals surface area contributed by atoms with Crippen molar-refractivity contribution in [1.82, 2.24) is 4.90 Å². The van der Waals surface area contributed by atoms with Crippen LogP contribution in [0.15, 0.2) is 54.6 Å². The number of morpholine rings is 1. The molecule has 2 aromatic rings. The summed E-state index contributed by atoms with van der Waals surface area (Å²) in [6, 6.07) is 18.7. The lowest BCUT2D eigenvalue weighted by Crippen LogP contribution is -2.36. The van der Waals surface area contributed by atoms with Gasteiger partial charge in [-0.15, -0.1) is 0 Å². The Bertz CT molecular complexity index is 760. The van der Waals surface area contributed by atoms with E-state index in [0.717, 1.165) is 57.2 Å². The van der Waals surface area contributed by atoms with Gasteiger partial charge in [-0.05, 0) is 42.8 Å². The Morgan fingerprint density at radius 1 is 0.964 bits per heavy atom. The van der Waals surface area contributed by atoms with Gasteiger partial charge < -0.3 is 20.3 Å². The molecule has 4 rings (SSSR count). The summed E-state index contributed by atoms with van der Waals surface area (Å²) < 4.78 is 5.39. The highest BCUT2D eigenvalue weighted by Crippen LogP contribution is 2.19. The molecule has 28 heavy (non-hydrogen) atoms. The molecule has 6 heteroatoms. The first-order valence-corrected chi connectivity index (χ1v) is 10.0. The number of para-hydroxylation sites is 1. The Morgan fingerprint density at radius 2 is 1.71 bits per heavy atom. The Kier molecular flexibility index (Phi) is 6.09. The van der Waals surface area contributed by atoms with Crippen LogP contribution >= 0.6 is 0 Å². The van der Waals surface area contributed by atoms with Crippen LogP contribution in [0, 0.1) is 0 Å². The minimum absolute atomic E-state index is 0.0412. The maximum Gasteiger partial charge on any atom is 0.238 e. The topological polar surface area (TPSA) is 56.8 Å². The summed E-state index contributed by atoms with van der Waals surface area (Å²) >= 11 is 0. The van der Waals surface area contributed by atoms with E-state index in [1.54, 1.807) is 0 Å². The fourth-order valence-corrected chi connectivity index (χ4v) is 3.84. The Morgan fingerprint density at radius 3 is 2.46 bits per heavy atom. The van der Waals surface area contributed by atoms with E-state index in [1.807, 2.05) is 30.3 Å². The molecule has 148 valence electrons. The van der Waals surface area contributed by atoms with Gasteiger partial charge in [0.15, 0.2) is 0 Å². The van der Waals surface area contributed by atoms with Crippen molar-refractivity contribution in [2.45, 2.75) is 12.5 Å². The van der Waals surface area contributed by atoms with Crippen molar-refractivity contribution in [2.75, 3.05) is 61.5 Å². The summed E-state index contributed by atoms with van der Waals surface area (Å²) in [5, 5.41) is 6.56. The molecule has 2 heterocycles. The molecule has 1 atom stereocenters. The van der Waals surface area contributed by atoms with Gasteiger partial charge in [0, 0.05) is 49.3 Å². The minimum atomic E-state index is 0.0412. The molecule has 6 nitrogen and oxygen atoms in total. The summed E-state index contributed by atoms with van der Waals surface area (Å²) in [6.45, 7) is 5.63. The summed E-state index contributed by atoms with van der Waals surface area (Å²) in [4.78, 5) is 16.9. The number of ether oxygens (including phenoxy) is 1. The van der Waals surface area contributed by atoms with Gasteiger partial charge in [0.25, 0.3) is 0 Å². The number of carbonyl (C=O) groups is 1. The number of hydrogen-bond donors (Lipinski definition) is 2. The predicted octanol–water partition coefficient (Wildman–Crippen LogP) is 2.65. The number of hydrogen-bond acceptors (Lipinski definition) is 5. The lowest BCUT2D eigenvalue weighted by Gasteiger charge is -2.28. The van der Waals surface area contributed by atoms with E-state index in [0.29, 0.717) is 12.6 Å². The zero-order valence-corrected chi connectivity index (χ0v) is 16.1. The highest BCUT2D eigenvalue weighted by Gasteiger charge is 2.24. The standard InChI is InChI=1S/C22H28N4O2/c27-22(17-25-11-10-20(16-25)23-18-4-2-1-3-5-18)24-19-6-8-21(9-7-19)26-12-14-28-15-13-26/h1-9,20,23H,10-17H2,(H,24,27). The fraction of sp³-hybridized carbons (Fsp3) is 0.409. The molecule has 0 saturated carbocycles. The Balaban J connectivity index is 1.23. The Labute approximate surface area is 166 Å². The van der Waals surface area contributed by atoms with Crippen LogP contribution in [0.5, 0.6) is 0 Å². The average Bonchev–Trinajstić information content (AvgIpc) is 3.16. The molecule has 0 aliphatic carbocycles. The van der Waals surface area contributed by atoms with Crippen LogP contribution in [-0.4, -0.2) is 62.8 Å². The average molecular weight is 380 g/mol. The molecule has 2 aliphatic rings. The predicted molar refractivity (Wildman–Crippen MR) is 113 cm³/mol. The van der Waals surface area contributed by atoms with Gasteiger partial charge in [0.1, 0.15) is 0 Å². The highest BCUT2D eigenvalue weighted by molar-refractivity contribution is 5.92. The van der Waals surface area contributed by atoms with Crippen LogP contribution in [0.4, 0.5) is 17.1 Å². The lowest BCUT2D eigenvalue weighted by molar-refractivity contribution is -0.117. The third kappa shape index (κ3) is 5.03. The van der Waals surface area contributed by atoms with E-state index >= 15 is 0 Å². The molecule has 2 fully saturated rings. The number of nitrogens with one attached hydrogen (secondary N) is 2. The van der Waals surface area contributed by atoms with Crippen molar-refractivity contribution < 1.29 is 9.53 Å². The van der Waals surface area contributed by atoms with Gasteiger partial charge in [0.05, 0.1) is 19.8 Å². The second-order valence-electron chi connectivity index (χ2n) is 7.43. The molecule has 1 unspecified atom stereocenters. The first kappa shape index (κ1) is 18.8. The molecular formula is C22H28N4O2. The van der Waals surface area contributed by atoms with Crippen LogP contribution < -0.4 is 15.5 Å². The third-order valence-corrected chi connectivity index (χ3v) is 5.31. The maximum absolute atomic E-state index is 12.4. The smallest absolute Gasteiger partial charge is 0.238 e. The number of anilines is 3. The fourth-order valence-electron chi connectivity index (χ4n) is 3.84. The van der Waals surface area contributed by atoms with Gasteiger partial charge in [-0.25, -0.2) is 0 Å². The summed E-state index contributed by atoms with van der Waals surface area (Å²) in [5.41, 5.74) is 3.16. The molecule has 2 aromatic carbocycles. The largest absolute Gasteiger partial charge is 0.381 e. The summed E-state index contributed by atoms with van der Waals surface area (Å²) in [6.07, 6.45) is 1.05. The number of amides is 1. The van der Waals surface area contributed by atoms with Crippen molar-refractivity contribution in [3.8, 4) is 0 Å². The normalized spacial score (nSPS) is 20.1. The van der Waals surface area contributed by atoms with Crippen molar-refractivity contribution in [1.29, 1.82) is 0 Å². The van der Waals surface area contributed by atoms with Gasteiger partial charge in [0.2, 0.25) is 5.91 Å². The van der Waals surface area contributed by atoms with Gasteiger partial charge in [-0.3, -0.25) is 9.69 Å². The van der Waals surface area contributed by atoms with Crippen molar-refractivity contribution >= 4 is 23.0 Å². The molecule has 0 bridgehead atoms. The quantitative estimate of drug-likeness (QED) is 0.807. The van der Waals surface area contributed by atoms with E-state index < -0.39 is 0 Å². The van der Waals surface area contributed by atoms with Crippen molar-refractivity contribution in [3.05, 3.63) is 54.6 Å². The number of likely N-dealkylation sites (tertiary alicyclic amines) is 1. The number of rotatable bonds is 6. The van der Waals surface area contributed by atoms with Gasteiger partial charge in [-0.2, -0.15) is 0 Å². The molecule has 0 radical (unpaired) electrons. The SMILES string of the molecule is O=C(CN1CCC(Nc2ccccc2)C1)Nc1ccc(N2CCOCC2)cc1. The molecule has 1 amide bonds. The van der Waals surface area contributed by atoms with E-state index in [4.69, 9.17) is 4.74 Å². The van der Waals surface area contributed by atoms with Crippen LogP contribution in [0.3, 0.4) is 0 Å². The maximum atomic E-state index is 12.4. The van der Waals surface area contributed by atoms with Crippen LogP contribution in [-0.2, 0) is 9.53 Å². The summed E-state index contributed by atoms with van der Waals surface area (Å²) in [7, 11) is 0. The molecule has 2 N–H and O–H groups in total. The van der Waals surface area contributed by atoms with Crippen LogP contribution in [0.25, 0.3) is 0 Å². The molecule has 2 saturated heterocycles. The first-order chi connectivity index (χ1) is 13.8. The third-order valence-electron chi connectivity index (χ3n) is 5.31. The van der Waals surface area contributed by atoms with E-state index in [1.165, 1.54) is 5.69 Å². The summed E-state index contributed by atoms with van der Waals surface area (Å²) in [5.74, 6) is 0.0412. The number of nitrogens with zero attached hydrogens (tertiary/aromatic N) is 2. The molecular weight excluding hydrogens is 352 g/mol. The van der Waals surface area contributed by atoms with Crippen LogP contribution in [0.2, 0.25) is 0 Å².